The second kappa shape index (κ2) is 3.94. The van der Waals surface area contributed by atoms with Crippen LogP contribution in [-0.4, -0.2) is 31.2 Å². The molecule has 0 N–H and O–H groups in total. The summed E-state index contributed by atoms with van der Waals surface area (Å²) in [5.74, 6) is 0. The van der Waals surface area contributed by atoms with Crippen LogP contribution >= 0.6 is 0 Å². The minimum atomic E-state index is 0.403. The lowest BCUT2D eigenvalue weighted by Gasteiger charge is -2.26. The van der Waals surface area contributed by atoms with Crippen molar-refractivity contribution in [2.24, 2.45) is 0 Å². The molecule has 0 aromatic heterocycles. The monoisotopic (exact) mass is 169 g/mol. The van der Waals surface area contributed by atoms with Crippen molar-refractivity contribution in [3.8, 4) is 0 Å². The van der Waals surface area contributed by atoms with E-state index in [4.69, 9.17) is 4.74 Å². The third-order valence-corrected chi connectivity index (χ3v) is 2.83. The summed E-state index contributed by atoms with van der Waals surface area (Å²) in [6, 6.07) is 0.591. The topological polar surface area (TPSA) is 12.5 Å². The summed E-state index contributed by atoms with van der Waals surface area (Å²) in [6.07, 6.45) is 4.84. The van der Waals surface area contributed by atoms with Crippen LogP contribution in [0.2, 0.25) is 0 Å². The number of rotatable bonds is 1. The van der Waals surface area contributed by atoms with E-state index in [-0.39, 0.29) is 0 Å². The third kappa shape index (κ3) is 2.01. The molecule has 0 radical (unpaired) electrons. The van der Waals surface area contributed by atoms with Crippen molar-refractivity contribution in [3.05, 3.63) is 11.8 Å². The number of ether oxygens (including phenoxy) is 1. The highest BCUT2D eigenvalue weighted by Crippen LogP contribution is 2.19. The molecule has 12 heavy (non-hydrogen) atoms. The fourth-order valence-electron chi connectivity index (χ4n) is 1.62. The van der Waals surface area contributed by atoms with Crippen molar-refractivity contribution in [3.63, 3.8) is 0 Å². The number of hydrogen-bond acceptors (Lipinski definition) is 2. The molecule has 0 bridgehead atoms. The molecule has 0 spiro atoms. The zero-order valence-electron chi connectivity index (χ0n) is 8.50. The van der Waals surface area contributed by atoms with E-state index in [1.54, 1.807) is 7.11 Å². The van der Waals surface area contributed by atoms with E-state index in [1.165, 1.54) is 5.70 Å². The second-order valence-electron chi connectivity index (χ2n) is 3.63. The van der Waals surface area contributed by atoms with Crippen LogP contribution in [-0.2, 0) is 4.74 Å². The molecule has 0 aromatic carbocycles. The van der Waals surface area contributed by atoms with Crippen molar-refractivity contribution in [1.82, 2.24) is 4.90 Å². The smallest absolute Gasteiger partial charge is 0.0625 e. The summed E-state index contributed by atoms with van der Waals surface area (Å²) in [5, 5.41) is 0. The van der Waals surface area contributed by atoms with Gasteiger partial charge in [0, 0.05) is 25.9 Å². The van der Waals surface area contributed by atoms with E-state index in [2.05, 4.69) is 31.9 Å². The van der Waals surface area contributed by atoms with Gasteiger partial charge in [-0.05, 0) is 26.7 Å². The van der Waals surface area contributed by atoms with Crippen molar-refractivity contribution in [1.29, 1.82) is 0 Å². The fraction of sp³-hybridized carbons (Fsp3) is 0.800. The second-order valence-corrected chi connectivity index (χ2v) is 3.63. The van der Waals surface area contributed by atoms with E-state index in [0.29, 0.717) is 12.1 Å². The Hall–Kier alpha value is -0.500. The molecule has 0 aliphatic carbocycles. The van der Waals surface area contributed by atoms with Gasteiger partial charge in [0.05, 0.1) is 6.10 Å². The first-order valence-electron chi connectivity index (χ1n) is 4.57. The first kappa shape index (κ1) is 9.59. The maximum absolute atomic E-state index is 5.37. The van der Waals surface area contributed by atoms with Crippen LogP contribution in [0.3, 0.4) is 0 Å². The van der Waals surface area contributed by atoms with Gasteiger partial charge < -0.3 is 9.64 Å². The molecule has 0 amide bonds. The van der Waals surface area contributed by atoms with Gasteiger partial charge in [-0.2, -0.15) is 0 Å². The third-order valence-electron chi connectivity index (χ3n) is 2.83. The van der Waals surface area contributed by atoms with Crippen LogP contribution in [0, 0.1) is 0 Å². The first-order valence-corrected chi connectivity index (χ1v) is 4.57. The van der Waals surface area contributed by atoms with E-state index in [9.17, 15) is 0 Å². The van der Waals surface area contributed by atoms with Gasteiger partial charge in [-0.1, -0.05) is 6.08 Å². The zero-order chi connectivity index (χ0) is 9.14. The maximum atomic E-state index is 5.37. The molecule has 1 heterocycles. The highest BCUT2D eigenvalue weighted by Gasteiger charge is 2.19. The van der Waals surface area contributed by atoms with Gasteiger partial charge in [-0.3, -0.25) is 0 Å². The lowest BCUT2D eigenvalue weighted by Crippen LogP contribution is -2.29. The Bertz CT molecular complexity index is 177. The fourth-order valence-corrected chi connectivity index (χ4v) is 1.62. The van der Waals surface area contributed by atoms with Gasteiger partial charge in [-0.15, -0.1) is 0 Å². The lowest BCUT2D eigenvalue weighted by molar-refractivity contribution is 0.0833. The molecule has 0 aromatic rings. The average Bonchev–Trinajstić information content (AvgIpc) is 2.19. The van der Waals surface area contributed by atoms with Crippen LogP contribution < -0.4 is 0 Å². The predicted molar refractivity (Wildman–Crippen MR) is 51.0 cm³/mol. The molecule has 0 fully saturated rings. The van der Waals surface area contributed by atoms with E-state index >= 15 is 0 Å². The SMILES string of the molecule is COC1CC=C(C)N(C)C(C)C1. The van der Waals surface area contributed by atoms with Crippen molar-refractivity contribution >= 4 is 0 Å². The number of allylic oxidation sites excluding steroid dienone is 1. The number of nitrogens with zero attached hydrogens (tertiary/aromatic N) is 1. The standard InChI is InChI=1S/C10H19NO/c1-8-5-6-10(12-4)7-9(2)11(8)3/h5,9-10H,6-7H2,1-4H3. The van der Waals surface area contributed by atoms with Crippen LogP contribution in [0.15, 0.2) is 11.8 Å². The van der Waals surface area contributed by atoms with Crippen LogP contribution in [0.25, 0.3) is 0 Å². The molecule has 2 heteroatoms. The number of hydrogen-bond donors (Lipinski definition) is 0. The summed E-state index contributed by atoms with van der Waals surface area (Å²) in [5.41, 5.74) is 1.36. The maximum Gasteiger partial charge on any atom is 0.0625 e. The molecule has 2 atom stereocenters. The van der Waals surface area contributed by atoms with Gasteiger partial charge in [0.2, 0.25) is 0 Å². The molecule has 2 nitrogen and oxygen atoms in total. The molecule has 70 valence electrons. The first-order chi connectivity index (χ1) is 5.65. The molecular formula is C10H19NO. The minimum Gasteiger partial charge on any atom is -0.381 e. The van der Waals surface area contributed by atoms with Crippen LogP contribution in [0.1, 0.15) is 26.7 Å². The predicted octanol–water partition coefficient (Wildman–Crippen LogP) is 2.02. The van der Waals surface area contributed by atoms with E-state index < -0.39 is 0 Å². The summed E-state index contributed by atoms with van der Waals surface area (Å²) >= 11 is 0. The molecule has 0 saturated carbocycles. The van der Waals surface area contributed by atoms with E-state index in [0.717, 1.165) is 12.8 Å². The highest BCUT2D eigenvalue weighted by molar-refractivity contribution is 5.02. The Balaban J connectivity index is 2.65. The summed E-state index contributed by atoms with van der Waals surface area (Å²) < 4.78 is 5.37. The van der Waals surface area contributed by atoms with Gasteiger partial charge in [0.1, 0.15) is 0 Å². The molecule has 2 unspecified atom stereocenters. The van der Waals surface area contributed by atoms with Crippen molar-refractivity contribution in [2.45, 2.75) is 38.8 Å². The summed E-state index contributed by atoms with van der Waals surface area (Å²) in [7, 11) is 3.94. The Morgan fingerprint density at radius 1 is 1.58 bits per heavy atom. The number of methoxy groups -OCH3 is 1. The van der Waals surface area contributed by atoms with Gasteiger partial charge >= 0.3 is 0 Å². The van der Waals surface area contributed by atoms with Gasteiger partial charge in [0.25, 0.3) is 0 Å². The van der Waals surface area contributed by atoms with Crippen molar-refractivity contribution < 1.29 is 4.74 Å². The quantitative estimate of drug-likeness (QED) is 0.595. The van der Waals surface area contributed by atoms with Crippen LogP contribution in [0.4, 0.5) is 0 Å². The Morgan fingerprint density at radius 3 is 2.83 bits per heavy atom. The molecule has 1 rings (SSSR count). The van der Waals surface area contributed by atoms with Gasteiger partial charge in [0.15, 0.2) is 0 Å². The molecule has 1 aliphatic heterocycles. The van der Waals surface area contributed by atoms with Crippen LogP contribution in [0.5, 0.6) is 0 Å². The zero-order valence-corrected chi connectivity index (χ0v) is 8.50. The normalized spacial score (nSPS) is 31.3. The largest absolute Gasteiger partial charge is 0.381 e. The summed E-state index contributed by atoms with van der Waals surface area (Å²) in [6.45, 7) is 4.41. The lowest BCUT2D eigenvalue weighted by atomic mass is 10.1. The Kier molecular flexibility index (Phi) is 3.15. The molecular weight excluding hydrogens is 150 g/mol. The van der Waals surface area contributed by atoms with Gasteiger partial charge in [-0.25, -0.2) is 0 Å². The average molecular weight is 169 g/mol. The highest BCUT2D eigenvalue weighted by atomic mass is 16.5. The molecule has 0 saturated heterocycles. The molecule has 1 aliphatic rings. The summed E-state index contributed by atoms with van der Waals surface area (Å²) in [4.78, 5) is 2.32. The minimum absolute atomic E-state index is 0.403. The Morgan fingerprint density at radius 2 is 2.25 bits per heavy atom. The Labute approximate surface area is 75.2 Å². The van der Waals surface area contributed by atoms with Crippen molar-refractivity contribution in [2.75, 3.05) is 14.2 Å². The van der Waals surface area contributed by atoms with E-state index in [1.807, 2.05) is 0 Å².